The highest BCUT2D eigenvalue weighted by Crippen LogP contribution is 2.37. The number of esters is 1. The van der Waals surface area contributed by atoms with Gasteiger partial charge < -0.3 is 84.3 Å². The van der Waals surface area contributed by atoms with E-state index in [1.165, 1.54) is 24.8 Å². The van der Waals surface area contributed by atoms with Crippen LogP contribution in [0.25, 0.3) is 115 Å². The van der Waals surface area contributed by atoms with Crippen LogP contribution in [0.2, 0.25) is 0 Å². The summed E-state index contributed by atoms with van der Waals surface area (Å²) in [7, 11) is 4.24. The van der Waals surface area contributed by atoms with E-state index in [0.29, 0.717) is 70.3 Å². The van der Waals surface area contributed by atoms with E-state index < -0.39 is 52.6 Å². The predicted octanol–water partition coefficient (Wildman–Crippen LogP) is 16.1. The van der Waals surface area contributed by atoms with Crippen LogP contribution in [0.15, 0.2) is 220 Å². The van der Waals surface area contributed by atoms with Crippen molar-refractivity contribution in [1.82, 2.24) is 110 Å². The van der Waals surface area contributed by atoms with Crippen molar-refractivity contribution < 1.29 is 65.7 Å². The zero-order chi connectivity index (χ0) is 100. The molecule has 2 aliphatic rings. The van der Waals surface area contributed by atoms with Crippen LogP contribution in [0.1, 0.15) is 104 Å². The van der Waals surface area contributed by atoms with E-state index in [4.69, 9.17) is 64.9 Å². The summed E-state index contributed by atoms with van der Waals surface area (Å²) in [5.41, 5.74) is 25.1. The number of likely N-dealkylation sites (N-methyl/N-ethyl adjacent to an activating group) is 2. The number of piperazine rings is 2. The summed E-state index contributed by atoms with van der Waals surface area (Å²) < 4.78 is 45.5. The molecule has 2 saturated heterocycles. The quantitative estimate of drug-likeness (QED) is 0.0470. The molecule has 13 heterocycles. The van der Waals surface area contributed by atoms with Gasteiger partial charge in [0.1, 0.15) is 47.8 Å². The predicted molar refractivity (Wildman–Crippen MR) is 525 cm³/mol. The number of imide groups is 1. The van der Waals surface area contributed by atoms with Crippen molar-refractivity contribution in [2.24, 2.45) is 5.73 Å². The highest BCUT2D eigenvalue weighted by molar-refractivity contribution is 9.11. The number of primary amides is 1. The smallest absolute Gasteiger partial charge is 0.425 e. The number of nitrogens with two attached hydrogens (primary N) is 4. The first-order valence-corrected chi connectivity index (χ1v) is 45.1. The summed E-state index contributed by atoms with van der Waals surface area (Å²) in [6.07, 6.45) is 8.12. The average molecular weight is 2090 g/mol. The lowest BCUT2D eigenvalue weighted by Gasteiger charge is -2.33. The minimum Gasteiger partial charge on any atom is -0.476 e. The number of carbonyl (C=O) groups excluding carboxylic acids is 4. The lowest BCUT2D eigenvalue weighted by Crippen LogP contribution is -2.44. The molecule has 0 radical (unpaired) electrons. The van der Waals surface area contributed by atoms with Crippen LogP contribution in [-0.2, 0) is 18.9 Å². The van der Waals surface area contributed by atoms with Crippen molar-refractivity contribution in [3.63, 3.8) is 0 Å². The molecule has 2 aliphatic heterocycles. The number of carboxylic acid groups (broad SMARTS) is 1. The highest BCUT2D eigenvalue weighted by Gasteiger charge is 2.38. The number of rotatable bonds is 15. The Morgan fingerprint density at radius 2 is 0.669 bits per heavy atom. The molecule has 43 nitrogen and oxygen atoms in total. The maximum atomic E-state index is 13.5. The van der Waals surface area contributed by atoms with Gasteiger partial charge in [-0.1, -0.05) is 72.8 Å². The zero-order valence-electron chi connectivity index (χ0n) is 77.9. The summed E-state index contributed by atoms with van der Waals surface area (Å²) in [5.74, 6) is 2.11. The molecule has 15 aromatic rings. The van der Waals surface area contributed by atoms with Crippen LogP contribution >= 0.6 is 47.8 Å². The Morgan fingerprint density at radius 1 is 0.345 bits per heavy atom. The number of hydrogen-bond acceptors (Lipinski definition) is 40. The first-order chi connectivity index (χ1) is 66.0. The van der Waals surface area contributed by atoms with Gasteiger partial charge in [0.2, 0.25) is 23.6 Å². The van der Waals surface area contributed by atoms with E-state index in [1.54, 1.807) is 102 Å². The third-order valence-corrected chi connectivity index (χ3v) is 19.9. The van der Waals surface area contributed by atoms with E-state index in [9.17, 15) is 24.0 Å². The normalized spacial score (nSPS) is 12.8. The average Bonchev–Trinajstić information content (AvgIpc) is 1.76. The molecule has 0 atom stereocenters. The van der Waals surface area contributed by atoms with Crippen LogP contribution in [0.4, 0.5) is 49.3 Å². The maximum Gasteiger partial charge on any atom is 0.425 e. The first-order valence-electron chi connectivity index (χ1n) is 42.7. The van der Waals surface area contributed by atoms with E-state index in [2.05, 4.69) is 182 Å². The Labute approximate surface area is 822 Å². The van der Waals surface area contributed by atoms with Gasteiger partial charge in [0.05, 0.1) is 42.4 Å². The Balaban J connectivity index is 0.000000161. The molecule has 46 heteroatoms. The van der Waals surface area contributed by atoms with Gasteiger partial charge in [0.25, 0.3) is 23.6 Å². The monoisotopic (exact) mass is 2080 g/mol. The van der Waals surface area contributed by atoms with E-state index in [1.807, 2.05) is 146 Å². The largest absolute Gasteiger partial charge is 0.476 e. The number of amides is 3. The highest BCUT2D eigenvalue weighted by atomic mass is 79.9. The second kappa shape index (κ2) is 45.9. The number of anilines is 6. The molecule has 0 saturated carbocycles. The van der Waals surface area contributed by atoms with Crippen LogP contribution < -0.4 is 37.6 Å². The van der Waals surface area contributed by atoms with Gasteiger partial charge in [-0.3, -0.25) is 0 Å². The summed E-state index contributed by atoms with van der Waals surface area (Å²) in [6.45, 7) is 28.4. The SMILES string of the molecule is CC(C)(C)OC(=O)c1ncc(Br)nc1-c1nnc(-c2ccccc2)o1.CC(C)(C)OC(N)=O.CN1CCN(c2ccc(-c3cnc(N(C(=O)OC(C)(C)C)C(=O)OC(C)(C)C)c(-c4nnc(-c5ccccc5)o4)n3)cn2)CC1.CN1CCN(c2ccc(-c3cnc(N)c(-c4nnc(-c5ccccc5)o4)n3)cn2)CC1.Nc1ncc(Br)nc1-c1nnc(-c2ccccc2)o1.Nc1ncc(Br)nc1C(=O)O. The van der Waals surface area contributed by atoms with E-state index in [0.717, 1.165) is 86.2 Å². The Kier molecular flexibility index (Phi) is 33.8. The minimum atomic E-state index is -1.18. The van der Waals surface area contributed by atoms with Crippen molar-refractivity contribution in [1.29, 1.82) is 0 Å². The fourth-order valence-corrected chi connectivity index (χ4v) is 13.2. The number of nitrogens with zero attached hydrogens (tertiary/aromatic N) is 25. The molecule has 17 rings (SSSR count). The van der Waals surface area contributed by atoms with Gasteiger partial charge in [-0.15, -0.1) is 40.8 Å². The van der Waals surface area contributed by atoms with Crippen LogP contribution in [0.5, 0.6) is 0 Å². The fourth-order valence-electron chi connectivity index (χ4n) is 12.3. The number of aromatic nitrogens is 20. The van der Waals surface area contributed by atoms with Crippen molar-refractivity contribution in [2.45, 2.75) is 105 Å². The summed E-state index contributed by atoms with van der Waals surface area (Å²) in [5, 5.41) is 41.0. The van der Waals surface area contributed by atoms with Gasteiger partial charge in [-0.05, 0) is 218 Å². The number of carbonyl (C=O) groups is 5. The van der Waals surface area contributed by atoms with E-state index >= 15 is 0 Å². The summed E-state index contributed by atoms with van der Waals surface area (Å²) in [4.78, 5) is 121. The molecule has 2 fully saturated rings. The lowest BCUT2D eigenvalue weighted by atomic mass is 10.2. The molecule has 139 heavy (non-hydrogen) atoms. The number of aromatic carboxylic acids is 1. The van der Waals surface area contributed by atoms with E-state index in [-0.39, 0.29) is 75.5 Å². The van der Waals surface area contributed by atoms with Crippen molar-refractivity contribution in [3.8, 4) is 115 Å². The third-order valence-electron chi connectivity index (χ3n) is 18.7. The van der Waals surface area contributed by atoms with Crippen molar-refractivity contribution >= 4 is 113 Å². The number of benzene rings is 4. The molecule has 720 valence electrons. The number of nitrogen functional groups attached to an aromatic ring is 3. The van der Waals surface area contributed by atoms with Gasteiger partial charge in [0, 0.05) is 98.1 Å². The van der Waals surface area contributed by atoms with Crippen LogP contribution in [0.3, 0.4) is 0 Å². The zero-order valence-corrected chi connectivity index (χ0v) is 82.7. The minimum absolute atomic E-state index is 0.0120. The number of hydrogen-bond donors (Lipinski definition) is 5. The molecule has 11 aromatic heterocycles. The molecular weight excluding hydrogens is 1990 g/mol. The second-order valence-electron chi connectivity index (χ2n) is 34.3. The van der Waals surface area contributed by atoms with Gasteiger partial charge >= 0.3 is 30.2 Å². The number of halogens is 3. The molecule has 9 N–H and O–H groups in total. The maximum absolute atomic E-state index is 13.5. The number of ether oxygens (including phenoxy) is 4. The number of carboxylic acids is 1. The number of pyridine rings is 2. The van der Waals surface area contributed by atoms with Crippen molar-refractivity contribution in [3.05, 3.63) is 214 Å². The van der Waals surface area contributed by atoms with Crippen molar-refractivity contribution in [2.75, 3.05) is 98.4 Å². The van der Waals surface area contributed by atoms with Crippen LogP contribution in [0, 0.1) is 0 Å². The standard InChI is InChI=1S/C32H38N8O5.C22H22N8O.C17H15BrN4O3.C12H8BrN5O.C5H4BrN3O2.C5H11NO2/c1-31(2,3)44-29(41)40(30(42)45-32(4,5)6)26-25(28-37-36-27(43-28)21-11-9-8-10-12-21)35-23(20-34-26)22-13-14-24(33-19-22)39-17-15-38(7)16-18-39;1-29-9-11-30(12-10-29)18-8-7-16(13-24-18)17-14-25-20(23)19(26-17)22-28-27-21(31-22)15-5-3-2-4-6-15;1-17(2,3)25-16(23)13-12(20-11(18)9-19-13)15-22-21-14(24-15)10-7-5-4-6-8-10;13-8-6-15-10(14)9(16-8)12-18-17-11(19-12)7-4-2-1-3-5-7;6-2-1-8-4(7)3(9-2)5(10)11;1-5(2,3)8-4(6)7/h8-14,19-20H,15-18H2,1-7H3;2-8,13-14H,9-12H2,1H3,(H2,23,25);4-9H,1-3H3;1-6H,(H2,14,15);1H,(H2,7,8)(H,10,11);1-3H3,(H2,6,7). The molecule has 0 spiro atoms. The lowest BCUT2D eigenvalue weighted by molar-refractivity contribution is 0.00616. The Bertz CT molecular complexity index is 6660. The fraction of sp³-hybridized carbons (Fsp3) is 0.280. The Hall–Kier alpha value is -15.6. The molecule has 0 bridgehead atoms. The molecule has 4 aromatic carbocycles. The molecule has 0 unspecified atom stereocenters. The molecule has 3 amide bonds. The Morgan fingerprint density at radius 3 is 1.02 bits per heavy atom. The van der Waals surface area contributed by atoms with Gasteiger partial charge in [-0.25, -0.2) is 83.8 Å². The third kappa shape index (κ3) is 29.5. The molecular formula is C93H98Br3N29O14. The van der Waals surface area contributed by atoms with Gasteiger partial charge in [-0.2, -0.15) is 4.90 Å². The molecule has 0 aliphatic carbocycles. The second-order valence-corrected chi connectivity index (χ2v) is 36.7. The first kappa shape index (κ1) is 102. The topological polar surface area (TPSA) is 573 Å². The van der Waals surface area contributed by atoms with Gasteiger partial charge in [0.15, 0.2) is 57.4 Å². The van der Waals surface area contributed by atoms with Crippen LogP contribution in [-0.4, -0.2) is 235 Å². The summed E-state index contributed by atoms with van der Waals surface area (Å²) in [6, 6.07) is 45.4. The summed E-state index contributed by atoms with van der Waals surface area (Å²) >= 11 is 9.44.